The minimum atomic E-state index is 0.385. The Kier molecular flexibility index (Phi) is 4.69. The van der Waals surface area contributed by atoms with Crippen LogP contribution in [0, 0.1) is 5.92 Å². The fraction of sp³-hybridized carbons (Fsp3) is 0.588. The number of fused-ring (bicyclic) bond motifs is 1. The molecule has 110 valence electrons. The summed E-state index contributed by atoms with van der Waals surface area (Å²) < 4.78 is 0. The Bertz CT molecular complexity index is 589. The Morgan fingerprint density at radius 1 is 1.35 bits per heavy atom. The average molecular weight is 274 g/mol. The van der Waals surface area contributed by atoms with Crippen molar-refractivity contribution in [2.45, 2.75) is 58.8 Å². The summed E-state index contributed by atoms with van der Waals surface area (Å²) in [6, 6.07) is 2.09. The lowest BCUT2D eigenvalue weighted by Crippen LogP contribution is -2.40. The molecule has 0 bridgehead atoms. The van der Waals surface area contributed by atoms with Gasteiger partial charge in [0, 0.05) is 23.5 Å². The van der Waals surface area contributed by atoms with Gasteiger partial charge < -0.3 is 10.8 Å². The lowest BCUT2D eigenvalue weighted by Gasteiger charge is -2.21. The molecule has 1 unspecified atom stereocenters. The molecule has 0 fully saturated rings. The molecule has 1 heterocycles. The number of aliphatic hydroxyl groups is 1. The first-order valence-electron chi connectivity index (χ1n) is 7.70. The van der Waals surface area contributed by atoms with Crippen molar-refractivity contribution >= 4 is 11.5 Å². The van der Waals surface area contributed by atoms with E-state index in [0.29, 0.717) is 29.4 Å². The Balaban J connectivity index is 2.61. The third-order valence-electron chi connectivity index (χ3n) is 4.04. The van der Waals surface area contributed by atoms with E-state index in [1.807, 2.05) is 6.20 Å². The topological polar surface area (TPSA) is 59.1 Å². The van der Waals surface area contributed by atoms with Crippen molar-refractivity contribution in [2.24, 2.45) is 11.7 Å². The van der Waals surface area contributed by atoms with Gasteiger partial charge in [-0.2, -0.15) is 0 Å². The van der Waals surface area contributed by atoms with Crippen molar-refractivity contribution in [3.8, 4) is 0 Å². The molecule has 0 aliphatic heterocycles. The van der Waals surface area contributed by atoms with Crippen LogP contribution in [0.5, 0.6) is 0 Å². The van der Waals surface area contributed by atoms with Gasteiger partial charge in [-0.25, -0.2) is 0 Å². The predicted octanol–water partition coefficient (Wildman–Crippen LogP) is 2.54. The maximum Gasteiger partial charge on any atom is 0.119 e. The first-order valence-corrected chi connectivity index (χ1v) is 7.70. The molecule has 0 aromatic carbocycles. The van der Waals surface area contributed by atoms with Crippen molar-refractivity contribution < 1.29 is 5.11 Å². The molecule has 2 rings (SSSR count). The molecule has 20 heavy (non-hydrogen) atoms. The highest BCUT2D eigenvalue weighted by molar-refractivity contribution is 5.52. The minimum absolute atomic E-state index is 0.385. The van der Waals surface area contributed by atoms with Gasteiger partial charge in [-0.05, 0) is 42.7 Å². The van der Waals surface area contributed by atoms with Crippen LogP contribution in [0.4, 0.5) is 0 Å². The summed E-state index contributed by atoms with van der Waals surface area (Å²) in [5.41, 5.74) is 8.38. The molecule has 1 aromatic rings. The normalized spacial score (nSPS) is 16.4. The highest BCUT2D eigenvalue weighted by Crippen LogP contribution is 2.26. The van der Waals surface area contributed by atoms with Crippen LogP contribution < -0.4 is 16.3 Å². The molecule has 1 aromatic heterocycles. The van der Waals surface area contributed by atoms with Crippen LogP contribution in [-0.2, 0) is 0 Å². The number of nitrogens with zero attached hydrogens (tertiary/aromatic N) is 1. The second-order valence-electron chi connectivity index (χ2n) is 6.21. The van der Waals surface area contributed by atoms with E-state index in [9.17, 15) is 5.11 Å². The molecule has 1 aliphatic rings. The number of aromatic nitrogens is 1. The number of hydrogen-bond donors (Lipinski definition) is 2. The molecule has 0 saturated heterocycles. The Labute approximate surface area is 121 Å². The summed E-state index contributed by atoms with van der Waals surface area (Å²) in [6.07, 6.45) is 6.62. The van der Waals surface area contributed by atoms with Crippen molar-refractivity contribution in [2.75, 3.05) is 0 Å². The van der Waals surface area contributed by atoms with E-state index in [-0.39, 0.29) is 0 Å². The van der Waals surface area contributed by atoms with Gasteiger partial charge >= 0.3 is 0 Å². The average Bonchev–Trinajstić information content (AvgIpc) is 2.41. The number of rotatable bonds is 5. The van der Waals surface area contributed by atoms with Crippen molar-refractivity contribution in [1.82, 2.24) is 4.98 Å². The van der Waals surface area contributed by atoms with Gasteiger partial charge in [0.05, 0.1) is 0 Å². The molecular formula is C17H26N2O. The number of nitrogens with two attached hydrogens (primary N) is 1. The maximum absolute atomic E-state index is 10.1. The standard InChI is InChI=1S/C17H26N2O/c1-4-5-12(10-11(2)3)13-8-9-19-17-15(20)7-6-14(18)16(13)17/h8-9,11-12,20H,4-7,10,18H2,1-3H3. The highest BCUT2D eigenvalue weighted by Gasteiger charge is 2.18. The molecule has 0 radical (unpaired) electrons. The smallest absolute Gasteiger partial charge is 0.119 e. The summed E-state index contributed by atoms with van der Waals surface area (Å²) in [7, 11) is 0. The van der Waals surface area contributed by atoms with E-state index in [4.69, 9.17) is 5.73 Å². The van der Waals surface area contributed by atoms with Crippen molar-refractivity contribution in [3.63, 3.8) is 0 Å². The molecule has 1 atom stereocenters. The van der Waals surface area contributed by atoms with Crippen LogP contribution >= 0.6 is 0 Å². The van der Waals surface area contributed by atoms with Gasteiger partial charge in [0.1, 0.15) is 11.1 Å². The van der Waals surface area contributed by atoms with E-state index >= 15 is 0 Å². The molecule has 3 N–H and O–H groups in total. The van der Waals surface area contributed by atoms with Gasteiger partial charge in [0.25, 0.3) is 0 Å². The van der Waals surface area contributed by atoms with E-state index in [0.717, 1.165) is 36.6 Å². The zero-order chi connectivity index (χ0) is 14.7. The first-order chi connectivity index (χ1) is 9.54. The summed E-state index contributed by atoms with van der Waals surface area (Å²) in [4.78, 5) is 4.35. The monoisotopic (exact) mass is 274 g/mol. The zero-order valence-electron chi connectivity index (χ0n) is 12.8. The minimum Gasteiger partial charge on any atom is -0.510 e. The van der Waals surface area contributed by atoms with E-state index in [1.165, 1.54) is 5.56 Å². The summed E-state index contributed by atoms with van der Waals surface area (Å²) in [5, 5.41) is 11.8. The fourth-order valence-electron chi connectivity index (χ4n) is 3.19. The van der Waals surface area contributed by atoms with Crippen LogP contribution in [0.25, 0.3) is 11.5 Å². The summed E-state index contributed by atoms with van der Waals surface area (Å²) >= 11 is 0. The number of pyridine rings is 1. The van der Waals surface area contributed by atoms with Gasteiger partial charge in [0.15, 0.2) is 0 Å². The van der Waals surface area contributed by atoms with Crippen LogP contribution in [0.1, 0.15) is 64.4 Å². The van der Waals surface area contributed by atoms with Gasteiger partial charge in [-0.15, -0.1) is 0 Å². The van der Waals surface area contributed by atoms with Gasteiger partial charge in [-0.1, -0.05) is 27.2 Å². The third-order valence-corrected chi connectivity index (χ3v) is 4.04. The molecule has 0 amide bonds. The lowest BCUT2D eigenvalue weighted by atomic mass is 9.85. The van der Waals surface area contributed by atoms with E-state index in [1.54, 1.807) is 0 Å². The second-order valence-corrected chi connectivity index (χ2v) is 6.21. The number of hydrogen-bond acceptors (Lipinski definition) is 3. The zero-order valence-corrected chi connectivity index (χ0v) is 12.8. The van der Waals surface area contributed by atoms with E-state index < -0.39 is 0 Å². The second kappa shape index (κ2) is 6.29. The van der Waals surface area contributed by atoms with Crippen LogP contribution in [0.2, 0.25) is 0 Å². The predicted molar refractivity (Wildman–Crippen MR) is 83.5 cm³/mol. The van der Waals surface area contributed by atoms with Gasteiger partial charge in [0.2, 0.25) is 0 Å². The van der Waals surface area contributed by atoms with Crippen LogP contribution in [0.15, 0.2) is 12.3 Å². The Morgan fingerprint density at radius 3 is 2.75 bits per heavy atom. The number of aliphatic hydroxyl groups excluding tert-OH is 1. The Morgan fingerprint density at radius 2 is 2.10 bits per heavy atom. The summed E-state index contributed by atoms with van der Waals surface area (Å²) in [6.45, 7) is 6.73. The molecule has 0 saturated carbocycles. The maximum atomic E-state index is 10.1. The quantitative estimate of drug-likeness (QED) is 0.867. The van der Waals surface area contributed by atoms with Crippen LogP contribution in [0.3, 0.4) is 0 Å². The molecule has 3 nitrogen and oxygen atoms in total. The largest absolute Gasteiger partial charge is 0.510 e. The Hall–Kier alpha value is -1.51. The molecular weight excluding hydrogens is 248 g/mol. The van der Waals surface area contributed by atoms with Crippen LogP contribution in [-0.4, -0.2) is 10.1 Å². The van der Waals surface area contributed by atoms with E-state index in [2.05, 4.69) is 31.8 Å². The SMILES string of the molecule is CCCC(CC(C)C)c1ccnc2c1=C(N)CCC=2O. The lowest BCUT2D eigenvalue weighted by molar-refractivity contribution is 0.463. The molecule has 3 heteroatoms. The van der Waals surface area contributed by atoms with Gasteiger partial charge in [-0.3, -0.25) is 4.98 Å². The highest BCUT2D eigenvalue weighted by atomic mass is 16.3. The molecule has 0 spiro atoms. The molecule has 1 aliphatic carbocycles. The summed E-state index contributed by atoms with van der Waals surface area (Å²) in [5.74, 6) is 1.54. The van der Waals surface area contributed by atoms with Crippen molar-refractivity contribution in [1.29, 1.82) is 0 Å². The fourth-order valence-corrected chi connectivity index (χ4v) is 3.19. The van der Waals surface area contributed by atoms with Crippen molar-refractivity contribution in [3.05, 3.63) is 28.4 Å². The third kappa shape index (κ3) is 2.97. The first kappa shape index (κ1) is 14.9.